The Bertz CT molecular complexity index is 1070. The number of anilines is 1. The topological polar surface area (TPSA) is 72.3 Å². The molecule has 3 aromatic rings. The Morgan fingerprint density at radius 1 is 1.21 bits per heavy atom. The minimum Gasteiger partial charge on any atom is -0.462 e. The molecule has 0 amide bonds. The lowest BCUT2D eigenvalue weighted by atomic mass is 9.97. The second-order valence-corrected chi connectivity index (χ2v) is 9.00. The maximum atomic E-state index is 11.8. The number of esters is 1. The summed E-state index contributed by atoms with van der Waals surface area (Å²) in [6.45, 7) is 8.99. The number of aromatic nitrogens is 3. The first-order valence-electron chi connectivity index (χ1n) is 11.8. The van der Waals surface area contributed by atoms with E-state index in [1.807, 2.05) is 6.07 Å². The van der Waals surface area contributed by atoms with Crippen molar-refractivity contribution in [3.8, 4) is 0 Å². The highest BCUT2D eigenvalue weighted by molar-refractivity contribution is 6.31. The van der Waals surface area contributed by atoms with E-state index in [9.17, 15) is 4.79 Å². The smallest absolute Gasteiger partial charge is 0.341 e. The first-order chi connectivity index (χ1) is 16.1. The number of hydrogen-bond donors (Lipinski definition) is 1. The first-order valence-corrected chi connectivity index (χ1v) is 12.2. The van der Waals surface area contributed by atoms with Crippen LogP contribution in [0.25, 0.3) is 10.9 Å². The number of nitrogens with one attached hydrogen (secondary N) is 1. The minimum atomic E-state index is -0.381. The number of piperidine rings is 1. The van der Waals surface area contributed by atoms with E-state index in [1.165, 1.54) is 16.5 Å². The molecule has 33 heavy (non-hydrogen) atoms. The molecule has 7 nitrogen and oxygen atoms in total. The second kappa shape index (κ2) is 11.0. The zero-order chi connectivity index (χ0) is 23.2. The highest BCUT2D eigenvalue weighted by Crippen LogP contribution is 2.26. The van der Waals surface area contributed by atoms with Crippen LogP contribution in [0, 0.1) is 5.92 Å². The summed E-state index contributed by atoms with van der Waals surface area (Å²) in [5, 5.41) is 5.69. The van der Waals surface area contributed by atoms with Gasteiger partial charge in [0.15, 0.2) is 0 Å². The van der Waals surface area contributed by atoms with Gasteiger partial charge in [-0.3, -0.25) is 0 Å². The van der Waals surface area contributed by atoms with Crippen LogP contribution in [-0.4, -0.2) is 46.7 Å². The molecule has 0 atom stereocenters. The van der Waals surface area contributed by atoms with Gasteiger partial charge in [-0.25, -0.2) is 14.8 Å². The Kier molecular flexibility index (Phi) is 7.83. The van der Waals surface area contributed by atoms with Crippen LogP contribution in [0.5, 0.6) is 0 Å². The van der Waals surface area contributed by atoms with E-state index in [4.69, 9.17) is 16.3 Å². The fourth-order valence-corrected chi connectivity index (χ4v) is 4.63. The van der Waals surface area contributed by atoms with E-state index < -0.39 is 0 Å². The van der Waals surface area contributed by atoms with Gasteiger partial charge < -0.3 is 19.5 Å². The molecule has 0 unspecified atom stereocenters. The van der Waals surface area contributed by atoms with Crippen molar-refractivity contribution in [2.45, 2.75) is 46.2 Å². The molecule has 0 bridgehead atoms. The van der Waals surface area contributed by atoms with Crippen molar-refractivity contribution in [1.82, 2.24) is 19.9 Å². The van der Waals surface area contributed by atoms with Crippen LogP contribution < -0.4 is 10.2 Å². The van der Waals surface area contributed by atoms with Crippen LogP contribution >= 0.6 is 11.6 Å². The summed E-state index contributed by atoms with van der Waals surface area (Å²) in [6, 6.07) is 6.16. The Morgan fingerprint density at radius 2 is 1.97 bits per heavy atom. The highest BCUT2D eigenvalue weighted by atomic mass is 35.5. The van der Waals surface area contributed by atoms with Gasteiger partial charge in [0.05, 0.1) is 12.2 Å². The lowest BCUT2D eigenvalue weighted by Crippen LogP contribution is -2.38. The summed E-state index contributed by atoms with van der Waals surface area (Å²) < 4.78 is 7.32. The number of ether oxygens (including phenoxy) is 1. The number of carbonyl (C=O) groups excluding carboxylic acids is 1. The molecule has 0 aliphatic carbocycles. The van der Waals surface area contributed by atoms with E-state index in [0.717, 1.165) is 57.0 Å². The van der Waals surface area contributed by atoms with Crippen LogP contribution in [0.2, 0.25) is 5.02 Å². The first kappa shape index (κ1) is 23.5. The van der Waals surface area contributed by atoms with Crippen LogP contribution in [0.15, 0.2) is 36.8 Å². The minimum absolute atomic E-state index is 0.344. The molecule has 1 aliphatic rings. The quantitative estimate of drug-likeness (QED) is 0.459. The number of halogens is 1. The van der Waals surface area contributed by atoms with Gasteiger partial charge in [0.25, 0.3) is 0 Å². The number of fused-ring (bicyclic) bond motifs is 1. The fraction of sp³-hybridized carbons (Fsp3) is 0.480. The lowest BCUT2D eigenvalue weighted by Gasteiger charge is -2.32. The Balaban J connectivity index is 1.28. The third-order valence-electron chi connectivity index (χ3n) is 6.19. The summed E-state index contributed by atoms with van der Waals surface area (Å²) >= 11 is 6.27. The number of carbonyl (C=O) groups is 1. The molecule has 8 heteroatoms. The normalized spacial score (nSPS) is 14.7. The maximum Gasteiger partial charge on any atom is 0.341 e. The number of benzene rings is 1. The standard InChI is InChI=1S/C25H32ClN5O2/c1-3-9-31-17-20(22-12-21(26)5-6-23(22)31)14-27-13-18-7-10-30(11-8-18)25-28-15-19(16-29-25)24(32)33-4-2/h5-6,12,15-18,27H,3-4,7-11,13-14H2,1-2H3. The summed E-state index contributed by atoms with van der Waals surface area (Å²) in [6.07, 6.45) is 8.63. The zero-order valence-corrected chi connectivity index (χ0v) is 20.1. The molecular formula is C25H32ClN5O2. The van der Waals surface area contributed by atoms with Crippen LogP contribution in [0.4, 0.5) is 5.95 Å². The average Bonchev–Trinajstić information content (AvgIpc) is 3.16. The predicted molar refractivity (Wildman–Crippen MR) is 132 cm³/mol. The molecule has 4 rings (SSSR count). The summed E-state index contributed by atoms with van der Waals surface area (Å²) in [4.78, 5) is 22.7. The van der Waals surface area contributed by atoms with E-state index >= 15 is 0 Å². The highest BCUT2D eigenvalue weighted by Gasteiger charge is 2.21. The Labute approximate surface area is 200 Å². The van der Waals surface area contributed by atoms with Crippen LogP contribution in [0.3, 0.4) is 0 Å². The van der Waals surface area contributed by atoms with Gasteiger partial charge in [-0.15, -0.1) is 0 Å². The molecule has 0 saturated carbocycles. The van der Waals surface area contributed by atoms with Crippen molar-refractivity contribution < 1.29 is 9.53 Å². The summed E-state index contributed by atoms with van der Waals surface area (Å²) in [7, 11) is 0. The van der Waals surface area contributed by atoms with Crippen LogP contribution in [-0.2, 0) is 17.8 Å². The third-order valence-corrected chi connectivity index (χ3v) is 6.42. The summed E-state index contributed by atoms with van der Waals surface area (Å²) in [5.74, 6) is 0.914. The molecule has 176 valence electrons. The zero-order valence-electron chi connectivity index (χ0n) is 19.4. The molecular weight excluding hydrogens is 438 g/mol. The predicted octanol–water partition coefficient (Wildman–Crippen LogP) is 4.68. The Morgan fingerprint density at radius 3 is 2.67 bits per heavy atom. The summed E-state index contributed by atoms with van der Waals surface area (Å²) in [5.41, 5.74) is 2.94. The molecule has 2 aromatic heterocycles. The van der Waals surface area contributed by atoms with Gasteiger partial charge in [-0.2, -0.15) is 0 Å². The number of rotatable bonds is 9. The Hall–Kier alpha value is -2.64. The lowest BCUT2D eigenvalue weighted by molar-refractivity contribution is 0.0525. The van der Waals surface area contributed by atoms with E-state index in [-0.39, 0.29) is 5.97 Å². The molecule has 1 aliphatic heterocycles. The van der Waals surface area contributed by atoms with Gasteiger partial charge in [0.1, 0.15) is 0 Å². The molecule has 0 radical (unpaired) electrons. The van der Waals surface area contributed by atoms with Gasteiger partial charge in [0.2, 0.25) is 5.95 Å². The van der Waals surface area contributed by atoms with Crippen molar-refractivity contribution >= 4 is 34.4 Å². The van der Waals surface area contributed by atoms with Gasteiger partial charge in [-0.05, 0) is 62.4 Å². The van der Waals surface area contributed by atoms with Crippen molar-refractivity contribution in [1.29, 1.82) is 0 Å². The van der Waals surface area contributed by atoms with Crippen molar-refractivity contribution in [2.24, 2.45) is 5.92 Å². The average molecular weight is 470 g/mol. The number of aryl methyl sites for hydroxylation is 1. The molecule has 1 N–H and O–H groups in total. The maximum absolute atomic E-state index is 11.8. The van der Waals surface area contributed by atoms with Crippen molar-refractivity contribution in [3.05, 3.63) is 52.9 Å². The molecule has 1 fully saturated rings. The van der Waals surface area contributed by atoms with E-state index in [0.29, 0.717) is 24.0 Å². The van der Waals surface area contributed by atoms with E-state index in [1.54, 1.807) is 19.3 Å². The largest absolute Gasteiger partial charge is 0.462 e. The SMILES string of the molecule is CCCn1cc(CNCC2CCN(c3ncc(C(=O)OCC)cn3)CC2)c2cc(Cl)ccc21. The van der Waals surface area contributed by atoms with Crippen molar-refractivity contribution in [2.75, 3.05) is 31.1 Å². The monoisotopic (exact) mass is 469 g/mol. The van der Waals surface area contributed by atoms with Gasteiger partial charge >= 0.3 is 5.97 Å². The number of hydrogen-bond acceptors (Lipinski definition) is 6. The van der Waals surface area contributed by atoms with Crippen molar-refractivity contribution in [3.63, 3.8) is 0 Å². The molecule has 1 saturated heterocycles. The molecule has 0 spiro atoms. The molecule has 3 heterocycles. The number of nitrogens with zero attached hydrogens (tertiary/aromatic N) is 4. The fourth-order valence-electron chi connectivity index (χ4n) is 4.46. The van der Waals surface area contributed by atoms with E-state index in [2.05, 4.69) is 50.0 Å². The van der Waals surface area contributed by atoms with Crippen LogP contribution in [0.1, 0.15) is 49.0 Å². The molecule has 1 aromatic carbocycles. The second-order valence-electron chi connectivity index (χ2n) is 8.56. The third kappa shape index (κ3) is 5.65. The van der Waals surface area contributed by atoms with Gasteiger partial charge in [-0.1, -0.05) is 18.5 Å². The van der Waals surface area contributed by atoms with Gasteiger partial charge in [0, 0.05) is 60.7 Å².